The number of fused-ring (bicyclic) bond motifs is 1. The highest BCUT2D eigenvalue weighted by Crippen LogP contribution is 2.38. The lowest BCUT2D eigenvalue weighted by Gasteiger charge is -2.16. The summed E-state index contributed by atoms with van der Waals surface area (Å²) in [6.45, 7) is 0. The molecule has 2 atom stereocenters. The van der Waals surface area contributed by atoms with E-state index in [9.17, 15) is 13.9 Å². The molecule has 0 saturated heterocycles. The Morgan fingerprint density at radius 3 is 2.65 bits per heavy atom. The standard InChI is InChI=1S/C16H13BrF2O/c17-13-5-6-14(18)12(15(13)19)8-10-7-9-3-1-2-4-11(9)16(10)20/h1-6,10,16,20H,7-8H2. The lowest BCUT2D eigenvalue weighted by molar-refractivity contribution is 0.122. The highest BCUT2D eigenvalue weighted by molar-refractivity contribution is 9.10. The van der Waals surface area contributed by atoms with E-state index in [1.165, 1.54) is 12.1 Å². The second-order valence-electron chi connectivity index (χ2n) is 5.13. The lowest BCUT2D eigenvalue weighted by atomic mass is 9.94. The maximum atomic E-state index is 14.0. The van der Waals surface area contributed by atoms with Gasteiger partial charge in [0.05, 0.1) is 10.6 Å². The van der Waals surface area contributed by atoms with Gasteiger partial charge in [0.25, 0.3) is 0 Å². The van der Waals surface area contributed by atoms with Crippen LogP contribution in [0.1, 0.15) is 22.8 Å². The molecule has 104 valence electrons. The van der Waals surface area contributed by atoms with Gasteiger partial charge in [-0.05, 0) is 57.9 Å². The zero-order chi connectivity index (χ0) is 14.3. The average Bonchev–Trinajstić information content (AvgIpc) is 2.76. The number of hydrogen-bond donors (Lipinski definition) is 1. The molecule has 0 saturated carbocycles. The SMILES string of the molecule is OC1c2ccccc2CC1Cc1c(F)ccc(Br)c1F. The zero-order valence-electron chi connectivity index (χ0n) is 10.6. The normalized spacial score (nSPS) is 21.0. The third-order valence-corrected chi connectivity index (χ3v) is 4.52. The largest absolute Gasteiger partial charge is 0.388 e. The Bertz CT molecular complexity index is 657. The molecule has 0 bridgehead atoms. The molecular weight excluding hydrogens is 326 g/mol. The summed E-state index contributed by atoms with van der Waals surface area (Å²) < 4.78 is 28.0. The van der Waals surface area contributed by atoms with E-state index in [2.05, 4.69) is 15.9 Å². The third-order valence-electron chi connectivity index (χ3n) is 3.91. The van der Waals surface area contributed by atoms with Gasteiger partial charge in [-0.25, -0.2) is 8.78 Å². The fourth-order valence-corrected chi connectivity index (χ4v) is 3.23. The van der Waals surface area contributed by atoms with Gasteiger partial charge >= 0.3 is 0 Å². The minimum absolute atomic E-state index is 0.0382. The van der Waals surface area contributed by atoms with Crippen molar-refractivity contribution in [3.05, 3.63) is 69.2 Å². The number of hydrogen-bond acceptors (Lipinski definition) is 1. The van der Waals surface area contributed by atoms with Crippen LogP contribution in [0.2, 0.25) is 0 Å². The van der Waals surface area contributed by atoms with Crippen LogP contribution in [-0.4, -0.2) is 5.11 Å². The van der Waals surface area contributed by atoms with Crippen molar-refractivity contribution >= 4 is 15.9 Å². The molecule has 0 heterocycles. The van der Waals surface area contributed by atoms with Crippen molar-refractivity contribution in [2.75, 3.05) is 0 Å². The Hall–Kier alpha value is -1.26. The van der Waals surface area contributed by atoms with Gasteiger partial charge < -0.3 is 5.11 Å². The molecule has 1 nitrogen and oxygen atoms in total. The van der Waals surface area contributed by atoms with Gasteiger partial charge in [0.2, 0.25) is 0 Å². The van der Waals surface area contributed by atoms with Crippen LogP contribution in [0.5, 0.6) is 0 Å². The van der Waals surface area contributed by atoms with Crippen molar-refractivity contribution < 1.29 is 13.9 Å². The molecule has 2 unspecified atom stereocenters. The Morgan fingerprint density at radius 1 is 1.15 bits per heavy atom. The predicted molar refractivity (Wildman–Crippen MR) is 76.4 cm³/mol. The highest BCUT2D eigenvalue weighted by Gasteiger charge is 2.32. The van der Waals surface area contributed by atoms with E-state index in [0.717, 1.165) is 11.1 Å². The van der Waals surface area contributed by atoms with Crippen LogP contribution in [0.4, 0.5) is 8.78 Å². The first-order valence-electron chi connectivity index (χ1n) is 6.46. The zero-order valence-corrected chi connectivity index (χ0v) is 12.2. The minimum atomic E-state index is -0.663. The predicted octanol–water partition coefficient (Wildman–Crippen LogP) is 4.18. The van der Waals surface area contributed by atoms with E-state index < -0.39 is 17.7 Å². The van der Waals surface area contributed by atoms with E-state index in [1.807, 2.05) is 24.3 Å². The van der Waals surface area contributed by atoms with E-state index in [1.54, 1.807) is 0 Å². The van der Waals surface area contributed by atoms with E-state index >= 15 is 0 Å². The average molecular weight is 339 g/mol. The second kappa shape index (κ2) is 5.26. The monoisotopic (exact) mass is 338 g/mol. The fourth-order valence-electron chi connectivity index (χ4n) is 2.86. The van der Waals surface area contributed by atoms with Crippen LogP contribution < -0.4 is 0 Å². The molecule has 1 aliphatic carbocycles. The maximum Gasteiger partial charge on any atom is 0.143 e. The first-order valence-corrected chi connectivity index (χ1v) is 7.25. The van der Waals surface area contributed by atoms with Crippen LogP contribution in [0.25, 0.3) is 0 Å². The van der Waals surface area contributed by atoms with Crippen LogP contribution in [0, 0.1) is 17.6 Å². The van der Waals surface area contributed by atoms with Gasteiger partial charge in [-0.2, -0.15) is 0 Å². The van der Waals surface area contributed by atoms with Crippen LogP contribution in [0.15, 0.2) is 40.9 Å². The molecule has 1 N–H and O–H groups in total. The van der Waals surface area contributed by atoms with Gasteiger partial charge in [-0.3, -0.25) is 0 Å². The third kappa shape index (κ3) is 2.27. The summed E-state index contributed by atoms with van der Waals surface area (Å²) in [7, 11) is 0. The van der Waals surface area contributed by atoms with E-state index in [0.29, 0.717) is 6.42 Å². The molecular formula is C16H13BrF2O. The summed E-state index contributed by atoms with van der Waals surface area (Å²) in [5, 5.41) is 10.3. The highest BCUT2D eigenvalue weighted by atomic mass is 79.9. The smallest absolute Gasteiger partial charge is 0.143 e. The van der Waals surface area contributed by atoms with Gasteiger partial charge in [-0.15, -0.1) is 0 Å². The number of benzene rings is 2. The molecule has 4 heteroatoms. The summed E-state index contributed by atoms with van der Waals surface area (Å²) in [5.41, 5.74) is 1.96. The van der Waals surface area contributed by atoms with Crippen molar-refractivity contribution in [1.29, 1.82) is 0 Å². The number of rotatable bonds is 2. The summed E-state index contributed by atoms with van der Waals surface area (Å²) in [5.74, 6) is -1.33. The molecule has 3 rings (SSSR count). The van der Waals surface area contributed by atoms with Crippen molar-refractivity contribution in [3.8, 4) is 0 Å². The molecule has 2 aromatic carbocycles. The molecule has 20 heavy (non-hydrogen) atoms. The minimum Gasteiger partial charge on any atom is -0.388 e. The molecule has 0 aromatic heterocycles. The molecule has 0 fully saturated rings. The van der Waals surface area contributed by atoms with E-state index in [4.69, 9.17) is 0 Å². The van der Waals surface area contributed by atoms with Gasteiger partial charge in [0.1, 0.15) is 11.6 Å². The maximum absolute atomic E-state index is 14.0. The van der Waals surface area contributed by atoms with Crippen LogP contribution >= 0.6 is 15.9 Å². The number of halogens is 3. The summed E-state index contributed by atoms with van der Waals surface area (Å²) in [6, 6.07) is 10.2. The van der Waals surface area contributed by atoms with E-state index in [-0.39, 0.29) is 22.4 Å². The Labute approximate surface area is 124 Å². The van der Waals surface area contributed by atoms with Crippen LogP contribution in [0.3, 0.4) is 0 Å². The van der Waals surface area contributed by atoms with Gasteiger partial charge in [0.15, 0.2) is 0 Å². The summed E-state index contributed by atoms with van der Waals surface area (Å²) >= 11 is 3.07. The fraction of sp³-hybridized carbons (Fsp3) is 0.250. The first kappa shape index (κ1) is 13.7. The second-order valence-corrected chi connectivity index (χ2v) is 5.99. The van der Waals surface area contributed by atoms with Crippen molar-refractivity contribution in [3.63, 3.8) is 0 Å². The number of aliphatic hydroxyl groups is 1. The molecule has 0 radical (unpaired) electrons. The Balaban J connectivity index is 1.90. The van der Waals surface area contributed by atoms with Gasteiger partial charge in [0, 0.05) is 5.56 Å². The quantitative estimate of drug-likeness (QED) is 0.814. The molecule has 0 aliphatic heterocycles. The van der Waals surface area contributed by atoms with Crippen molar-refractivity contribution in [1.82, 2.24) is 0 Å². The summed E-state index contributed by atoms with van der Waals surface area (Å²) in [4.78, 5) is 0. The lowest BCUT2D eigenvalue weighted by Crippen LogP contribution is -2.13. The summed E-state index contributed by atoms with van der Waals surface area (Å²) in [6.07, 6.45) is 0.166. The first-order chi connectivity index (χ1) is 9.58. The molecule has 1 aliphatic rings. The van der Waals surface area contributed by atoms with Crippen LogP contribution in [-0.2, 0) is 12.8 Å². The Kier molecular flexibility index (Phi) is 3.61. The number of aliphatic hydroxyl groups excluding tert-OH is 1. The van der Waals surface area contributed by atoms with Crippen molar-refractivity contribution in [2.24, 2.45) is 5.92 Å². The topological polar surface area (TPSA) is 20.2 Å². The van der Waals surface area contributed by atoms with Crippen molar-refractivity contribution in [2.45, 2.75) is 18.9 Å². The Morgan fingerprint density at radius 2 is 1.90 bits per heavy atom. The van der Waals surface area contributed by atoms with Gasteiger partial charge in [-0.1, -0.05) is 24.3 Å². The molecule has 2 aromatic rings. The molecule has 0 spiro atoms. The molecule has 0 amide bonds.